The molecule has 0 atom stereocenters. The van der Waals surface area contributed by atoms with Gasteiger partial charge in [-0.2, -0.15) is 0 Å². The fraction of sp³-hybridized carbons (Fsp3) is 0.229. The van der Waals surface area contributed by atoms with Gasteiger partial charge in [0.15, 0.2) is 0 Å². The van der Waals surface area contributed by atoms with Crippen molar-refractivity contribution in [3.05, 3.63) is 131 Å². The summed E-state index contributed by atoms with van der Waals surface area (Å²) in [6, 6.07) is 34.4. The first kappa shape index (κ1) is 28.4. The van der Waals surface area contributed by atoms with Gasteiger partial charge in [-0.05, 0) is 84.6 Å². The number of hydrogen-bond donors (Lipinski definition) is 1. The van der Waals surface area contributed by atoms with Crippen molar-refractivity contribution in [1.29, 1.82) is 0 Å². The van der Waals surface area contributed by atoms with Gasteiger partial charge >= 0.3 is 0 Å². The molecule has 1 aliphatic rings. The summed E-state index contributed by atoms with van der Waals surface area (Å²) in [5.41, 5.74) is 6.31. The highest BCUT2D eigenvalue weighted by Crippen LogP contribution is 2.20. The van der Waals surface area contributed by atoms with Gasteiger partial charge in [0.1, 0.15) is 5.75 Å². The molecule has 0 spiro atoms. The fourth-order valence-corrected chi connectivity index (χ4v) is 5.45. The number of hydrogen-bond acceptors (Lipinski definition) is 5. The highest BCUT2D eigenvalue weighted by atomic mass is 32.2. The molecular formula is C35H35N3O2S. The maximum Gasteiger partial charge on any atom is 0.261 e. The predicted octanol–water partition coefficient (Wildman–Crippen LogP) is 6.39. The topological polar surface area (TPSA) is 44.8 Å². The highest BCUT2D eigenvalue weighted by molar-refractivity contribution is 7.97. The van der Waals surface area contributed by atoms with E-state index in [-0.39, 0.29) is 5.91 Å². The van der Waals surface area contributed by atoms with Crippen LogP contribution in [0.4, 0.5) is 5.69 Å². The summed E-state index contributed by atoms with van der Waals surface area (Å²) < 4.78 is 8.48. The number of carbonyl (C=O) groups is 1. The number of nitrogens with zero attached hydrogens (tertiary/aromatic N) is 2. The SMILES string of the molecule is CCOc1ccc(C#Cc2ccccc2CN2CCN(c3ccc(C(=O)NSCc4ccccc4)cc3)CC2)cc1. The number of anilines is 1. The average molecular weight is 562 g/mol. The second-order valence-electron chi connectivity index (χ2n) is 9.88. The Labute approximate surface area is 247 Å². The van der Waals surface area contributed by atoms with Crippen LogP contribution in [-0.4, -0.2) is 43.6 Å². The summed E-state index contributed by atoms with van der Waals surface area (Å²) in [5.74, 6) is 8.23. The normalized spacial score (nSPS) is 13.2. The van der Waals surface area contributed by atoms with Crippen LogP contribution in [0, 0.1) is 11.8 Å². The Kier molecular flexibility index (Phi) is 9.99. The summed E-state index contributed by atoms with van der Waals surface area (Å²) >= 11 is 1.42. The van der Waals surface area contributed by atoms with Crippen LogP contribution in [0.15, 0.2) is 103 Å². The first-order valence-corrected chi connectivity index (χ1v) is 15.0. The molecule has 208 valence electrons. The molecule has 6 heteroatoms. The van der Waals surface area contributed by atoms with Gasteiger partial charge in [0.05, 0.1) is 6.61 Å². The van der Waals surface area contributed by atoms with Crippen LogP contribution in [0.1, 0.15) is 39.5 Å². The highest BCUT2D eigenvalue weighted by Gasteiger charge is 2.18. The molecule has 41 heavy (non-hydrogen) atoms. The van der Waals surface area contributed by atoms with Crippen molar-refractivity contribution in [1.82, 2.24) is 9.62 Å². The lowest BCUT2D eigenvalue weighted by atomic mass is 10.1. The van der Waals surface area contributed by atoms with E-state index in [9.17, 15) is 4.79 Å². The van der Waals surface area contributed by atoms with Crippen molar-refractivity contribution in [2.75, 3.05) is 37.7 Å². The zero-order valence-corrected chi connectivity index (χ0v) is 24.2. The molecule has 0 bridgehead atoms. The van der Waals surface area contributed by atoms with Gasteiger partial charge < -0.3 is 9.64 Å². The van der Waals surface area contributed by atoms with Gasteiger partial charge in [0, 0.05) is 60.9 Å². The molecule has 1 fully saturated rings. The average Bonchev–Trinajstić information content (AvgIpc) is 3.02. The van der Waals surface area contributed by atoms with E-state index in [4.69, 9.17) is 4.74 Å². The van der Waals surface area contributed by atoms with E-state index in [1.807, 2.05) is 61.5 Å². The number of ether oxygens (including phenoxy) is 1. The van der Waals surface area contributed by atoms with E-state index in [1.54, 1.807) is 0 Å². The molecule has 4 aromatic rings. The molecule has 5 rings (SSSR count). The van der Waals surface area contributed by atoms with Crippen molar-refractivity contribution in [3.8, 4) is 17.6 Å². The van der Waals surface area contributed by atoms with Gasteiger partial charge in [-0.1, -0.05) is 60.4 Å². The Morgan fingerprint density at radius 2 is 1.54 bits per heavy atom. The Morgan fingerprint density at radius 1 is 0.829 bits per heavy atom. The zero-order chi connectivity index (χ0) is 28.3. The number of benzene rings is 4. The molecule has 4 aromatic carbocycles. The lowest BCUT2D eigenvalue weighted by molar-refractivity contribution is 0.0984. The number of carbonyl (C=O) groups excluding carboxylic acids is 1. The lowest BCUT2D eigenvalue weighted by Crippen LogP contribution is -2.46. The molecule has 0 unspecified atom stereocenters. The van der Waals surface area contributed by atoms with Gasteiger partial charge in [-0.3, -0.25) is 14.4 Å². The number of piperazine rings is 1. The standard InChI is InChI=1S/C35H35N3O2S/c1-2-40-34-20-13-28(14-21-34)12-15-30-10-6-7-11-32(30)26-37-22-24-38(25-23-37)33-18-16-31(17-19-33)35(39)36-41-27-29-8-4-3-5-9-29/h3-11,13-14,16-21H,2,22-27H2,1H3,(H,36,39). The molecule has 1 saturated heterocycles. The van der Waals surface area contributed by atoms with Gasteiger partial charge in [0.2, 0.25) is 0 Å². The largest absolute Gasteiger partial charge is 0.494 e. The number of nitrogens with one attached hydrogen (secondary N) is 1. The van der Waals surface area contributed by atoms with Crippen LogP contribution in [0.2, 0.25) is 0 Å². The molecule has 0 radical (unpaired) electrons. The van der Waals surface area contributed by atoms with Crippen molar-refractivity contribution < 1.29 is 9.53 Å². The molecule has 0 aliphatic carbocycles. The summed E-state index contributed by atoms with van der Waals surface area (Å²) in [6.45, 7) is 7.35. The van der Waals surface area contributed by atoms with E-state index in [0.717, 1.165) is 61.0 Å². The van der Waals surface area contributed by atoms with Crippen LogP contribution >= 0.6 is 11.9 Å². The molecule has 0 saturated carbocycles. The maximum absolute atomic E-state index is 12.6. The van der Waals surface area contributed by atoms with Gasteiger partial charge in [-0.15, -0.1) is 0 Å². The third kappa shape index (κ3) is 8.17. The van der Waals surface area contributed by atoms with Gasteiger partial charge in [0.25, 0.3) is 5.91 Å². The first-order chi connectivity index (χ1) is 20.2. The first-order valence-electron chi connectivity index (χ1n) is 14.0. The quantitative estimate of drug-likeness (QED) is 0.190. The molecule has 5 nitrogen and oxygen atoms in total. The zero-order valence-electron chi connectivity index (χ0n) is 23.4. The Bertz CT molecular complexity index is 1470. The van der Waals surface area contributed by atoms with Crippen molar-refractivity contribution in [2.45, 2.75) is 19.2 Å². The summed E-state index contributed by atoms with van der Waals surface area (Å²) in [7, 11) is 0. The molecule has 1 amide bonds. The maximum atomic E-state index is 12.6. The molecule has 1 N–H and O–H groups in total. The summed E-state index contributed by atoms with van der Waals surface area (Å²) in [6.07, 6.45) is 0. The minimum atomic E-state index is -0.0633. The third-order valence-electron chi connectivity index (χ3n) is 7.03. The smallest absolute Gasteiger partial charge is 0.261 e. The summed E-state index contributed by atoms with van der Waals surface area (Å²) in [4.78, 5) is 17.4. The Morgan fingerprint density at radius 3 is 2.27 bits per heavy atom. The second kappa shape index (κ2) is 14.5. The predicted molar refractivity (Wildman–Crippen MR) is 169 cm³/mol. The molecule has 1 heterocycles. The fourth-order valence-electron chi connectivity index (χ4n) is 4.77. The van der Waals surface area contributed by atoms with Crippen LogP contribution < -0.4 is 14.4 Å². The Hall–Kier alpha value is -4.18. The van der Waals surface area contributed by atoms with E-state index in [0.29, 0.717) is 12.2 Å². The lowest BCUT2D eigenvalue weighted by Gasteiger charge is -2.36. The van der Waals surface area contributed by atoms with Crippen molar-refractivity contribution in [3.63, 3.8) is 0 Å². The van der Waals surface area contributed by atoms with Crippen LogP contribution in [-0.2, 0) is 12.3 Å². The van der Waals surface area contributed by atoms with Crippen LogP contribution in [0.3, 0.4) is 0 Å². The minimum Gasteiger partial charge on any atom is -0.494 e. The van der Waals surface area contributed by atoms with Gasteiger partial charge in [-0.25, -0.2) is 0 Å². The molecule has 1 aliphatic heterocycles. The van der Waals surface area contributed by atoms with Crippen LogP contribution in [0.25, 0.3) is 0 Å². The molecular weight excluding hydrogens is 526 g/mol. The van der Waals surface area contributed by atoms with E-state index in [2.05, 4.69) is 74.9 Å². The number of amides is 1. The monoisotopic (exact) mass is 561 g/mol. The van der Waals surface area contributed by atoms with Crippen molar-refractivity contribution in [2.24, 2.45) is 0 Å². The molecule has 0 aromatic heterocycles. The minimum absolute atomic E-state index is 0.0633. The van der Waals surface area contributed by atoms with E-state index >= 15 is 0 Å². The number of rotatable bonds is 9. The third-order valence-corrected chi connectivity index (χ3v) is 7.84. The Balaban J connectivity index is 1.11. The van der Waals surface area contributed by atoms with E-state index < -0.39 is 0 Å². The second-order valence-corrected chi connectivity index (χ2v) is 10.7. The van der Waals surface area contributed by atoms with Crippen molar-refractivity contribution >= 4 is 23.5 Å². The van der Waals surface area contributed by atoms with Crippen LogP contribution in [0.5, 0.6) is 5.75 Å². The summed E-state index contributed by atoms with van der Waals surface area (Å²) in [5, 5.41) is 0. The van der Waals surface area contributed by atoms with E-state index in [1.165, 1.54) is 23.1 Å².